The molecule has 3 aromatic carbocycles. The monoisotopic (exact) mass is 465 g/mol. The van der Waals surface area contributed by atoms with Crippen molar-refractivity contribution in [2.24, 2.45) is 0 Å². The van der Waals surface area contributed by atoms with E-state index in [0.29, 0.717) is 11.3 Å². The summed E-state index contributed by atoms with van der Waals surface area (Å²) in [5.74, 6) is -0.511. The quantitative estimate of drug-likeness (QED) is 0.217. The Bertz CT molecular complexity index is 1090. The van der Waals surface area contributed by atoms with Gasteiger partial charge in [0.2, 0.25) is 0 Å². The molecule has 0 saturated heterocycles. The van der Waals surface area contributed by atoms with Crippen LogP contribution in [-0.4, -0.2) is 25.3 Å². The minimum Gasteiger partial charge on any atom is -0.459 e. The fraction of sp³-hybridized carbons (Fsp3) is 0.120. The average molecular weight is 466 g/mol. The zero-order valence-electron chi connectivity index (χ0n) is 17.6. The average Bonchev–Trinajstić information content (AvgIpc) is 2.79. The second-order valence-electron chi connectivity index (χ2n) is 6.67. The molecule has 0 atom stereocenters. The van der Waals surface area contributed by atoms with E-state index in [2.05, 4.69) is 36.2 Å². The Kier molecular flexibility index (Phi) is 8.83. The Labute approximate surface area is 196 Å². The van der Waals surface area contributed by atoms with Crippen LogP contribution in [0.25, 0.3) is 0 Å². The molecule has 0 spiro atoms. The lowest BCUT2D eigenvalue weighted by Gasteiger charge is -2.12. The van der Waals surface area contributed by atoms with Crippen LogP contribution in [0.2, 0.25) is 0 Å². The third-order valence-electron chi connectivity index (χ3n) is 4.03. The van der Waals surface area contributed by atoms with Crippen LogP contribution in [0.15, 0.2) is 111 Å². The van der Waals surface area contributed by atoms with Crippen molar-refractivity contribution in [3.63, 3.8) is 0 Å². The molecular formula is C25H23NO4S2. The number of carbonyl (C=O) groups is 2. The van der Waals surface area contributed by atoms with E-state index in [1.165, 1.54) is 4.90 Å². The molecule has 7 heteroatoms. The molecule has 0 heterocycles. The Morgan fingerprint density at radius 1 is 0.812 bits per heavy atom. The molecule has 3 aromatic rings. The predicted molar refractivity (Wildman–Crippen MR) is 128 cm³/mol. The highest BCUT2D eigenvalue weighted by Gasteiger charge is 2.10. The van der Waals surface area contributed by atoms with Gasteiger partial charge in [-0.15, -0.1) is 0 Å². The molecular weight excluding hydrogens is 442 g/mol. The van der Waals surface area contributed by atoms with Crippen molar-refractivity contribution in [2.45, 2.75) is 26.5 Å². The van der Waals surface area contributed by atoms with Crippen LogP contribution in [0.4, 0.5) is 10.5 Å². The van der Waals surface area contributed by atoms with Gasteiger partial charge in [0, 0.05) is 25.2 Å². The molecule has 0 unspecified atom stereocenters. The van der Waals surface area contributed by atoms with Gasteiger partial charge in [-0.3, -0.25) is 5.32 Å². The Balaban J connectivity index is 1.58. The first-order valence-electron chi connectivity index (χ1n) is 9.87. The van der Waals surface area contributed by atoms with Gasteiger partial charge in [0.15, 0.2) is 0 Å². The van der Waals surface area contributed by atoms with Gasteiger partial charge in [-0.2, -0.15) is 0 Å². The van der Waals surface area contributed by atoms with E-state index >= 15 is 0 Å². The summed E-state index contributed by atoms with van der Waals surface area (Å²) in [5, 5.41) is 2.75. The van der Waals surface area contributed by atoms with E-state index in [-0.39, 0.29) is 13.2 Å². The van der Waals surface area contributed by atoms with Crippen molar-refractivity contribution in [2.75, 3.05) is 18.5 Å². The number of hydrogen-bond acceptors (Lipinski definition) is 6. The van der Waals surface area contributed by atoms with Gasteiger partial charge in [-0.05, 0) is 49.4 Å². The molecule has 0 bridgehead atoms. The van der Waals surface area contributed by atoms with Crippen LogP contribution in [0.5, 0.6) is 0 Å². The first kappa shape index (κ1) is 23.5. The second kappa shape index (κ2) is 12.0. The van der Waals surface area contributed by atoms with Gasteiger partial charge in [0.25, 0.3) is 0 Å². The molecule has 0 aromatic heterocycles. The number of hydrogen-bond donors (Lipinski definition) is 1. The van der Waals surface area contributed by atoms with E-state index in [4.69, 9.17) is 9.47 Å². The Morgan fingerprint density at radius 2 is 1.44 bits per heavy atom. The molecule has 3 rings (SSSR count). The number of ether oxygens (including phenoxy) is 2. The molecule has 0 saturated carbocycles. The molecule has 1 amide bonds. The molecule has 0 aliphatic rings. The van der Waals surface area contributed by atoms with Gasteiger partial charge >= 0.3 is 12.1 Å². The van der Waals surface area contributed by atoms with E-state index < -0.39 is 12.1 Å². The number of amides is 1. The highest BCUT2D eigenvalue weighted by molar-refractivity contribution is 8.00. The third-order valence-corrected chi connectivity index (χ3v) is 6.10. The highest BCUT2D eigenvalue weighted by Crippen LogP contribution is 2.36. The molecule has 0 radical (unpaired) electrons. The maximum atomic E-state index is 12.1. The Hall–Kier alpha value is -3.16. The minimum absolute atomic E-state index is 0.0264. The van der Waals surface area contributed by atoms with Gasteiger partial charge in [-0.25, -0.2) is 9.59 Å². The van der Waals surface area contributed by atoms with Crippen molar-refractivity contribution in [1.82, 2.24) is 0 Å². The SMILES string of the molecule is C=C(C)C(=O)OCCOC(=O)Nc1ccccc1Sc1cccc(Sc2ccccc2)c1. The lowest BCUT2D eigenvalue weighted by Crippen LogP contribution is -2.18. The number of carbonyl (C=O) groups excluding carboxylic acids is 2. The fourth-order valence-corrected chi connectivity index (χ4v) is 4.48. The van der Waals surface area contributed by atoms with Crippen LogP contribution in [-0.2, 0) is 14.3 Å². The number of esters is 1. The lowest BCUT2D eigenvalue weighted by atomic mass is 10.3. The molecule has 0 fully saturated rings. The molecule has 32 heavy (non-hydrogen) atoms. The minimum atomic E-state index is -0.613. The normalized spacial score (nSPS) is 10.3. The standard InChI is InChI=1S/C25H23NO4S2/c1-18(2)24(27)29-15-16-30-25(28)26-22-13-6-7-14-23(22)32-21-12-8-11-20(17-21)31-19-9-4-3-5-10-19/h3-14,17H,1,15-16H2,2H3,(H,26,28). The van der Waals surface area contributed by atoms with Crippen LogP contribution in [0.1, 0.15) is 6.92 Å². The Morgan fingerprint density at radius 3 is 2.19 bits per heavy atom. The maximum absolute atomic E-state index is 12.1. The number of para-hydroxylation sites is 1. The first-order valence-corrected chi connectivity index (χ1v) is 11.5. The summed E-state index contributed by atoms with van der Waals surface area (Å²) in [7, 11) is 0. The number of benzene rings is 3. The first-order chi connectivity index (χ1) is 15.5. The zero-order valence-corrected chi connectivity index (χ0v) is 19.2. The van der Waals surface area contributed by atoms with Crippen molar-refractivity contribution < 1.29 is 19.1 Å². The van der Waals surface area contributed by atoms with Crippen molar-refractivity contribution >= 4 is 41.3 Å². The molecule has 0 aliphatic heterocycles. The largest absolute Gasteiger partial charge is 0.459 e. The molecule has 1 N–H and O–H groups in total. The topological polar surface area (TPSA) is 64.6 Å². The molecule has 0 aliphatic carbocycles. The van der Waals surface area contributed by atoms with Crippen molar-refractivity contribution in [1.29, 1.82) is 0 Å². The molecule has 5 nitrogen and oxygen atoms in total. The van der Waals surface area contributed by atoms with Gasteiger partial charge in [0.05, 0.1) is 5.69 Å². The van der Waals surface area contributed by atoms with E-state index in [9.17, 15) is 9.59 Å². The van der Waals surface area contributed by atoms with Crippen molar-refractivity contribution in [3.05, 3.63) is 91.0 Å². The summed E-state index contributed by atoms with van der Waals surface area (Å²) in [5.41, 5.74) is 0.939. The fourth-order valence-electron chi connectivity index (χ4n) is 2.55. The summed E-state index contributed by atoms with van der Waals surface area (Å²) < 4.78 is 10.0. The smallest absolute Gasteiger partial charge is 0.411 e. The number of nitrogens with one attached hydrogen (secondary N) is 1. The van der Waals surface area contributed by atoms with E-state index in [1.807, 2.05) is 54.6 Å². The summed E-state index contributed by atoms with van der Waals surface area (Å²) in [6.07, 6.45) is -0.613. The van der Waals surface area contributed by atoms with Crippen LogP contribution in [0, 0.1) is 0 Å². The van der Waals surface area contributed by atoms with Gasteiger partial charge < -0.3 is 9.47 Å². The van der Waals surface area contributed by atoms with Gasteiger partial charge in [0.1, 0.15) is 13.2 Å². The summed E-state index contributed by atoms with van der Waals surface area (Å²) >= 11 is 3.25. The van der Waals surface area contributed by atoms with E-state index in [0.717, 1.165) is 14.7 Å². The van der Waals surface area contributed by atoms with Gasteiger partial charge in [-0.1, -0.05) is 66.5 Å². The molecule has 164 valence electrons. The van der Waals surface area contributed by atoms with Crippen LogP contribution in [0.3, 0.4) is 0 Å². The van der Waals surface area contributed by atoms with E-state index in [1.54, 1.807) is 30.4 Å². The summed E-state index contributed by atoms with van der Waals surface area (Å²) in [6.45, 7) is 4.98. The van der Waals surface area contributed by atoms with Crippen molar-refractivity contribution in [3.8, 4) is 0 Å². The van der Waals surface area contributed by atoms with Crippen LogP contribution < -0.4 is 5.32 Å². The summed E-state index contributed by atoms with van der Waals surface area (Å²) in [6, 6.07) is 25.9. The number of anilines is 1. The highest BCUT2D eigenvalue weighted by atomic mass is 32.2. The summed E-state index contributed by atoms with van der Waals surface area (Å²) in [4.78, 5) is 27.7. The second-order valence-corrected chi connectivity index (χ2v) is 8.93. The predicted octanol–water partition coefficient (Wildman–Crippen LogP) is 6.66. The van der Waals surface area contributed by atoms with Crippen LogP contribution >= 0.6 is 23.5 Å². The number of rotatable bonds is 9. The zero-order chi connectivity index (χ0) is 22.8. The maximum Gasteiger partial charge on any atom is 0.411 e. The lowest BCUT2D eigenvalue weighted by molar-refractivity contribution is -0.139. The third kappa shape index (κ3) is 7.51.